The molecule has 0 saturated carbocycles. The van der Waals surface area contributed by atoms with Crippen molar-refractivity contribution in [3.63, 3.8) is 0 Å². The van der Waals surface area contributed by atoms with E-state index < -0.39 is 17.1 Å². The van der Waals surface area contributed by atoms with Crippen LogP contribution in [-0.2, 0) is 9.59 Å². The Morgan fingerprint density at radius 3 is 2.06 bits per heavy atom. The van der Waals surface area contributed by atoms with Gasteiger partial charge in [0.1, 0.15) is 11.4 Å². The Morgan fingerprint density at radius 1 is 0.700 bits per heavy atom. The van der Waals surface area contributed by atoms with Gasteiger partial charge in [0, 0.05) is 38.4 Å². The van der Waals surface area contributed by atoms with Crippen LogP contribution in [0.25, 0.3) is 6.08 Å². The zero-order valence-electron chi connectivity index (χ0n) is 27.1. The van der Waals surface area contributed by atoms with Gasteiger partial charge in [-0.15, -0.1) is 11.8 Å². The molecule has 6 rings (SSSR count). The molecule has 0 spiro atoms. The van der Waals surface area contributed by atoms with E-state index in [9.17, 15) is 24.0 Å². The fourth-order valence-electron chi connectivity index (χ4n) is 5.44. The lowest BCUT2D eigenvalue weighted by atomic mass is 9.83. The minimum Gasteiger partial charge on any atom is -0.496 e. The molecule has 0 radical (unpaired) electrons. The summed E-state index contributed by atoms with van der Waals surface area (Å²) >= 11 is 1.29. The Balaban J connectivity index is 1.14. The van der Waals surface area contributed by atoms with Crippen molar-refractivity contribution in [2.24, 2.45) is 0 Å². The minimum absolute atomic E-state index is 0.0128. The van der Waals surface area contributed by atoms with Crippen LogP contribution in [0.3, 0.4) is 0 Å². The Labute approximate surface area is 292 Å². The second-order valence-corrected chi connectivity index (χ2v) is 12.7. The second-order valence-electron chi connectivity index (χ2n) is 11.3. The molecule has 1 aliphatic rings. The first-order chi connectivity index (χ1) is 24.2. The molecule has 10 heteroatoms. The van der Waals surface area contributed by atoms with E-state index in [-0.39, 0.29) is 40.0 Å². The number of thioether (sulfide) groups is 1. The topological polar surface area (TPSA) is 131 Å². The summed E-state index contributed by atoms with van der Waals surface area (Å²) in [5, 5.41) is 7.81. The standard InChI is InChI=1S/C40H31N3O6S/c1-24(38(46)42-32-17-10-16-31-35(32)37(45)30-15-8-7-14-29(30)36(31)44)50-28-21-19-27(20-22-28)41-40(48)33(23-26-13-6-9-18-34(26)49-2)43-39(47)25-11-4-3-5-12-25/h3-24H,1-2H3,(H,41,48)(H,42,46)(H,43,47)/b33-23-. The fraction of sp³-hybridized carbons (Fsp3) is 0.0750. The third-order valence-electron chi connectivity index (χ3n) is 7.97. The summed E-state index contributed by atoms with van der Waals surface area (Å²) in [5.74, 6) is -1.39. The van der Waals surface area contributed by atoms with Gasteiger partial charge >= 0.3 is 0 Å². The van der Waals surface area contributed by atoms with Gasteiger partial charge in [-0.3, -0.25) is 24.0 Å². The number of ketones is 2. The highest BCUT2D eigenvalue weighted by Gasteiger charge is 2.32. The molecule has 0 heterocycles. The molecule has 0 fully saturated rings. The first-order valence-corrected chi connectivity index (χ1v) is 16.5. The number of fused-ring (bicyclic) bond motifs is 2. The van der Waals surface area contributed by atoms with E-state index in [0.717, 1.165) is 4.90 Å². The number of amides is 3. The lowest BCUT2D eigenvalue weighted by Gasteiger charge is -2.21. The van der Waals surface area contributed by atoms with Gasteiger partial charge in [-0.05, 0) is 61.5 Å². The summed E-state index contributed by atoms with van der Waals surface area (Å²) < 4.78 is 5.43. The van der Waals surface area contributed by atoms with Crippen molar-refractivity contribution in [1.82, 2.24) is 5.32 Å². The van der Waals surface area contributed by atoms with E-state index >= 15 is 0 Å². The monoisotopic (exact) mass is 681 g/mol. The number of carbonyl (C=O) groups excluding carboxylic acids is 5. The van der Waals surface area contributed by atoms with Gasteiger partial charge in [-0.1, -0.05) is 72.8 Å². The minimum atomic E-state index is -0.573. The van der Waals surface area contributed by atoms with E-state index in [1.165, 1.54) is 18.9 Å². The number of methoxy groups -OCH3 is 1. The largest absolute Gasteiger partial charge is 0.496 e. The molecule has 0 saturated heterocycles. The molecule has 5 aromatic rings. The van der Waals surface area contributed by atoms with Gasteiger partial charge in [-0.2, -0.15) is 0 Å². The molecule has 3 N–H and O–H groups in total. The molecule has 1 unspecified atom stereocenters. The summed E-state index contributed by atoms with van der Waals surface area (Å²) in [5.41, 5.74) is 2.84. The number of rotatable bonds is 10. The molecular weight excluding hydrogens is 651 g/mol. The quantitative estimate of drug-likeness (QED) is 0.105. The lowest BCUT2D eigenvalue weighted by Crippen LogP contribution is -2.30. The van der Waals surface area contributed by atoms with E-state index in [1.54, 1.807) is 134 Å². The lowest BCUT2D eigenvalue weighted by molar-refractivity contribution is -0.115. The van der Waals surface area contributed by atoms with Crippen LogP contribution in [0.5, 0.6) is 5.75 Å². The average molecular weight is 682 g/mol. The van der Waals surface area contributed by atoms with Crippen LogP contribution < -0.4 is 20.7 Å². The number of para-hydroxylation sites is 1. The van der Waals surface area contributed by atoms with Crippen LogP contribution in [0.2, 0.25) is 0 Å². The van der Waals surface area contributed by atoms with Gasteiger partial charge in [0.2, 0.25) is 5.91 Å². The summed E-state index contributed by atoms with van der Waals surface area (Å²) in [7, 11) is 1.52. The molecule has 50 heavy (non-hydrogen) atoms. The molecule has 5 aromatic carbocycles. The SMILES string of the molecule is COc1ccccc1/C=C(\NC(=O)c1ccccc1)C(=O)Nc1ccc(SC(C)C(=O)Nc2cccc3c2C(=O)c2ccccc2C3=O)cc1. The Morgan fingerprint density at radius 2 is 1.34 bits per heavy atom. The molecule has 0 aliphatic heterocycles. The molecule has 1 aliphatic carbocycles. The molecule has 3 amide bonds. The van der Waals surface area contributed by atoms with Gasteiger partial charge in [0.25, 0.3) is 11.8 Å². The summed E-state index contributed by atoms with van der Waals surface area (Å²) in [6.45, 7) is 1.73. The Bertz CT molecular complexity index is 2160. The number of benzene rings is 5. The van der Waals surface area contributed by atoms with Gasteiger partial charge < -0.3 is 20.7 Å². The predicted molar refractivity (Wildman–Crippen MR) is 194 cm³/mol. The predicted octanol–water partition coefficient (Wildman–Crippen LogP) is 7.00. The van der Waals surface area contributed by atoms with Crippen LogP contribution in [-0.4, -0.2) is 41.6 Å². The number of hydrogen-bond acceptors (Lipinski definition) is 7. The van der Waals surface area contributed by atoms with E-state index in [4.69, 9.17) is 4.74 Å². The maximum Gasteiger partial charge on any atom is 0.272 e. The highest BCUT2D eigenvalue weighted by molar-refractivity contribution is 8.00. The maximum absolute atomic E-state index is 13.5. The molecular formula is C40H31N3O6S. The third kappa shape index (κ3) is 7.25. The average Bonchev–Trinajstić information content (AvgIpc) is 3.14. The van der Waals surface area contributed by atoms with Crippen LogP contribution in [0.1, 0.15) is 54.7 Å². The van der Waals surface area contributed by atoms with Crippen molar-refractivity contribution in [2.45, 2.75) is 17.1 Å². The van der Waals surface area contributed by atoms with Crippen molar-refractivity contribution in [3.05, 3.63) is 160 Å². The van der Waals surface area contributed by atoms with E-state index in [0.29, 0.717) is 33.7 Å². The van der Waals surface area contributed by atoms with Gasteiger partial charge in [-0.25, -0.2) is 0 Å². The number of hydrogen-bond donors (Lipinski definition) is 3. The zero-order chi connectivity index (χ0) is 35.2. The van der Waals surface area contributed by atoms with Crippen molar-refractivity contribution in [1.29, 1.82) is 0 Å². The second kappa shape index (κ2) is 14.9. The van der Waals surface area contributed by atoms with Crippen molar-refractivity contribution < 1.29 is 28.7 Å². The molecule has 1 atom stereocenters. The maximum atomic E-state index is 13.5. The highest BCUT2D eigenvalue weighted by atomic mass is 32.2. The number of carbonyl (C=O) groups is 5. The normalized spacial score (nSPS) is 12.6. The van der Waals surface area contributed by atoms with E-state index in [2.05, 4.69) is 16.0 Å². The first kappa shape index (κ1) is 33.6. The van der Waals surface area contributed by atoms with Crippen LogP contribution in [0.15, 0.2) is 132 Å². The smallest absolute Gasteiger partial charge is 0.272 e. The van der Waals surface area contributed by atoms with Crippen LogP contribution in [0.4, 0.5) is 11.4 Å². The number of ether oxygens (including phenoxy) is 1. The van der Waals surface area contributed by atoms with Crippen LogP contribution in [0, 0.1) is 0 Å². The Kier molecular flexibility index (Phi) is 10.0. The van der Waals surface area contributed by atoms with Crippen molar-refractivity contribution in [2.75, 3.05) is 17.7 Å². The molecule has 0 aromatic heterocycles. The number of anilines is 2. The molecule has 9 nitrogen and oxygen atoms in total. The van der Waals surface area contributed by atoms with Crippen molar-refractivity contribution >= 4 is 58.5 Å². The van der Waals surface area contributed by atoms with Crippen molar-refractivity contribution in [3.8, 4) is 5.75 Å². The van der Waals surface area contributed by atoms with E-state index in [1.807, 2.05) is 0 Å². The number of nitrogens with one attached hydrogen (secondary N) is 3. The van der Waals surface area contributed by atoms with Gasteiger partial charge in [0.05, 0.1) is 23.6 Å². The Hall–Kier alpha value is -6.26. The first-order valence-electron chi connectivity index (χ1n) is 15.6. The highest BCUT2D eigenvalue weighted by Crippen LogP contribution is 2.33. The van der Waals surface area contributed by atoms with Gasteiger partial charge in [0.15, 0.2) is 11.6 Å². The molecule has 0 bridgehead atoms. The van der Waals surface area contributed by atoms with Crippen LogP contribution >= 0.6 is 11.8 Å². The third-order valence-corrected chi connectivity index (χ3v) is 9.08. The summed E-state index contributed by atoms with van der Waals surface area (Å²) in [6.07, 6.45) is 1.55. The zero-order valence-corrected chi connectivity index (χ0v) is 27.9. The summed E-state index contributed by atoms with van der Waals surface area (Å²) in [6, 6.07) is 34.1. The molecule has 248 valence electrons. The fourth-order valence-corrected chi connectivity index (χ4v) is 6.31. The summed E-state index contributed by atoms with van der Waals surface area (Å²) in [4.78, 5) is 66.9.